The lowest BCUT2D eigenvalue weighted by Gasteiger charge is -2.10. The van der Waals surface area contributed by atoms with E-state index in [4.69, 9.17) is 16.2 Å². The van der Waals surface area contributed by atoms with Crippen LogP contribution >= 0.6 is 10.7 Å². The number of halogens is 2. The molecule has 110 valence electrons. The van der Waals surface area contributed by atoms with Crippen molar-refractivity contribution in [2.75, 3.05) is 0 Å². The van der Waals surface area contributed by atoms with E-state index in [1.165, 1.54) is 6.92 Å². The standard InChI is InChI=1S/C8H7ClFN3O5S2/c1-5-6(4-12-13-11)2-7(19(9,14)15)3-8(5)18-20(10,16)17/h2-3H,4H2,1H3. The first kappa shape index (κ1) is 16.5. The smallest absolute Gasteiger partial charge is 0.358 e. The lowest BCUT2D eigenvalue weighted by atomic mass is 10.1. The molecule has 0 saturated heterocycles. The van der Waals surface area contributed by atoms with Crippen LogP contribution in [0.1, 0.15) is 11.1 Å². The molecule has 12 heteroatoms. The summed E-state index contributed by atoms with van der Waals surface area (Å²) in [7, 11) is -4.42. The van der Waals surface area contributed by atoms with Crippen molar-refractivity contribution in [3.63, 3.8) is 0 Å². The fourth-order valence-electron chi connectivity index (χ4n) is 1.32. The lowest BCUT2D eigenvalue weighted by Crippen LogP contribution is -2.05. The van der Waals surface area contributed by atoms with Crippen molar-refractivity contribution in [3.05, 3.63) is 33.7 Å². The van der Waals surface area contributed by atoms with Gasteiger partial charge in [0, 0.05) is 21.7 Å². The topological polar surface area (TPSA) is 126 Å². The highest BCUT2D eigenvalue weighted by Gasteiger charge is 2.19. The van der Waals surface area contributed by atoms with Gasteiger partial charge in [0.25, 0.3) is 9.05 Å². The fourth-order valence-corrected chi connectivity index (χ4v) is 2.51. The van der Waals surface area contributed by atoms with Crippen molar-refractivity contribution in [2.45, 2.75) is 18.4 Å². The van der Waals surface area contributed by atoms with Crippen molar-refractivity contribution in [1.29, 1.82) is 0 Å². The average molecular weight is 344 g/mol. The highest BCUT2D eigenvalue weighted by molar-refractivity contribution is 8.13. The van der Waals surface area contributed by atoms with E-state index in [-0.39, 0.29) is 17.7 Å². The average Bonchev–Trinajstić information content (AvgIpc) is 2.27. The molecular weight excluding hydrogens is 337 g/mol. The van der Waals surface area contributed by atoms with Crippen molar-refractivity contribution in [1.82, 2.24) is 0 Å². The van der Waals surface area contributed by atoms with Crippen LogP contribution in [0.5, 0.6) is 5.75 Å². The SMILES string of the molecule is Cc1c(CN=[N+]=[N-])cc(S(=O)(=O)Cl)cc1OS(=O)(=O)F. The monoisotopic (exact) mass is 343 g/mol. The lowest BCUT2D eigenvalue weighted by molar-refractivity contribution is 0.437. The third kappa shape index (κ3) is 4.53. The maximum atomic E-state index is 12.6. The molecule has 0 unspecified atom stereocenters. The van der Waals surface area contributed by atoms with Gasteiger partial charge in [-0.25, -0.2) is 8.42 Å². The maximum absolute atomic E-state index is 12.6. The second kappa shape index (κ2) is 5.83. The quantitative estimate of drug-likeness (QED) is 0.351. The van der Waals surface area contributed by atoms with E-state index >= 15 is 0 Å². The largest absolute Gasteiger partial charge is 0.488 e. The molecule has 0 amide bonds. The van der Waals surface area contributed by atoms with Gasteiger partial charge < -0.3 is 4.18 Å². The Hall–Kier alpha value is -1.55. The number of hydrogen-bond acceptors (Lipinski definition) is 6. The molecule has 20 heavy (non-hydrogen) atoms. The molecule has 1 rings (SSSR count). The maximum Gasteiger partial charge on any atom is 0.488 e. The Morgan fingerprint density at radius 1 is 1.40 bits per heavy atom. The Kier molecular flexibility index (Phi) is 4.81. The molecule has 0 N–H and O–H groups in total. The van der Waals surface area contributed by atoms with Gasteiger partial charge in [0.1, 0.15) is 5.75 Å². The molecular formula is C8H7ClFN3O5S2. The summed E-state index contributed by atoms with van der Waals surface area (Å²) in [5, 5.41) is 3.21. The van der Waals surface area contributed by atoms with E-state index in [2.05, 4.69) is 14.2 Å². The zero-order valence-corrected chi connectivity index (χ0v) is 12.2. The number of rotatable bonds is 5. The summed E-state index contributed by atoms with van der Waals surface area (Å²) in [5.41, 5.74) is 8.46. The van der Waals surface area contributed by atoms with Crippen molar-refractivity contribution >= 4 is 30.2 Å². The minimum atomic E-state index is -5.34. The Bertz CT molecular complexity index is 787. The zero-order chi connectivity index (χ0) is 15.6. The van der Waals surface area contributed by atoms with E-state index in [1.54, 1.807) is 0 Å². The second-order valence-corrected chi connectivity index (χ2v) is 7.03. The first-order valence-electron chi connectivity index (χ1n) is 4.77. The van der Waals surface area contributed by atoms with Crippen LogP contribution in [-0.2, 0) is 26.1 Å². The molecule has 0 saturated carbocycles. The predicted octanol–water partition coefficient (Wildman–Crippen LogP) is 2.33. The van der Waals surface area contributed by atoms with Crippen LogP contribution in [0.3, 0.4) is 0 Å². The molecule has 0 bridgehead atoms. The number of nitrogens with zero attached hydrogens (tertiary/aromatic N) is 3. The predicted molar refractivity (Wildman–Crippen MR) is 67.7 cm³/mol. The summed E-state index contributed by atoms with van der Waals surface area (Å²) in [6, 6.07) is 1.83. The molecule has 0 heterocycles. The normalized spacial score (nSPS) is 11.8. The Balaban J connectivity index is 3.53. The van der Waals surface area contributed by atoms with Crippen LogP contribution in [0.2, 0.25) is 0 Å². The van der Waals surface area contributed by atoms with Crippen LogP contribution in [-0.4, -0.2) is 16.8 Å². The van der Waals surface area contributed by atoms with Crippen LogP contribution in [0, 0.1) is 6.92 Å². The van der Waals surface area contributed by atoms with Gasteiger partial charge in [-0.3, -0.25) is 0 Å². The fraction of sp³-hybridized carbons (Fsp3) is 0.250. The second-order valence-electron chi connectivity index (χ2n) is 3.51. The van der Waals surface area contributed by atoms with Crippen LogP contribution in [0.15, 0.2) is 22.1 Å². The summed E-state index contributed by atoms with van der Waals surface area (Å²) in [6.07, 6.45) is 0. The molecule has 0 aliphatic heterocycles. The molecule has 0 atom stereocenters. The van der Waals surface area contributed by atoms with Crippen molar-refractivity contribution in [2.24, 2.45) is 5.11 Å². The van der Waals surface area contributed by atoms with E-state index in [1.807, 2.05) is 0 Å². The van der Waals surface area contributed by atoms with Crippen LogP contribution in [0.25, 0.3) is 10.4 Å². The van der Waals surface area contributed by atoms with Gasteiger partial charge in [0.15, 0.2) is 0 Å². The summed E-state index contributed by atoms with van der Waals surface area (Å²) in [4.78, 5) is 1.97. The first-order chi connectivity index (χ1) is 9.04. The van der Waals surface area contributed by atoms with Crippen molar-refractivity contribution in [3.8, 4) is 5.75 Å². The Morgan fingerprint density at radius 3 is 2.45 bits per heavy atom. The summed E-state index contributed by atoms with van der Waals surface area (Å²) in [6.45, 7) is 1.05. The Morgan fingerprint density at radius 2 is 2.00 bits per heavy atom. The molecule has 0 aromatic heterocycles. The molecule has 0 aliphatic carbocycles. The van der Waals surface area contributed by atoms with E-state index in [9.17, 15) is 20.7 Å². The summed E-state index contributed by atoms with van der Waals surface area (Å²) >= 11 is 0. The summed E-state index contributed by atoms with van der Waals surface area (Å²) in [5.74, 6) is -0.558. The minimum absolute atomic E-state index is 0.0997. The third-order valence-corrected chi connectivity index (χ3v) is 3.93. The first-order valence-corrected chi connectivity index (χ1v) is 8.39. The molecule has 1 aromatic carbocycles. The van der Waals surface area contributed by atoms with Gasteiger partial charge in [-0.1, -0.05) is 9.00 Å². The highest BCUT2D eigenvalue weighted by Crippen LogP contribution is 2.30. The van der Waals surface area contributed by atoms with Gasteiger partial charge >= 0.3 is 10.5 Å². The van der Waals surface area contributed by atoms with Gasteiger partial charge in [-0.05, 0) is 29.6 Å². The van der Waals surface area contributed by atoms with Gasteiger partial charge in [-0.15, -0.1) is 0 Å². The summed E-state index contributed by atoms with van der Waals surface area (Å²) < 4.78 is 60.1. The molecule has 8 nitrogen and oxygen atoms in total. The number of benzene rings is 1. The molecule has 0 spiro atoms. The van der Waals surface area contributed by atoms with E-state index in [0.717, 1.165) is 12.1 Å². The molecule has 0 radical (unpaired) electrons. The number of azide groups is 1. The van der Waals surface area contributed by atoms with E-state index in [0.29, 0.717) is 0 Å². The molecule has 0 fully saturated rings. The molecule has 1 aromatic rings. The number of hydrogen-bond donors (Lipinski definition) is 0. The highest BCUT2D eigenvalue weighted by atomic mass is 35.7. The van der Waals surface area contributed by atoms with Gasteiger partial charge in [0.05, 0.1) is 11.4 Å². The minimum Gasteiger partial charge on any atom is -0.358 e. The van der Waals surface area contributed by atoms with E-state index < -0.39 is 30.2 Å². The zero-order valence-electron chi connectivity index (χ0n) is 9.82. The Labute approximate surface area is 118 Å². The third-order valence-electron chi connectivity index (χ3n) is 2.22. The van der Waals surface area contributed by atoms with Crippen LogP contribution in [0.4, 0.5) is 3.89 Å². The molecule has 0 aliphatic rings. The van der Waals surface area contributed by atoms with Crippen molar-refractivity contribution < 1.29 is 24.9 Å². The van der Waals surface area contributed by atoms with Gasteiger partial charge in [-0.2, -0.15) is 8.42 Å². The van der Waals surface area contributed by atoms with Gasteiger partial charge in [0.2, 0.25) is 0 Å². The van der Waals surface area contributed by atoms with Crippen LogP contribution < -0.4 is 4.18 Å².